The number of rotatable bonds is 7. The summed E-state index contributed by atoms with van der Waals surface area (Å²) in [6, 6.07) is 3.37. The van der Waals surface area contributed by atoms with E-state index in [0.717, 1.165) is 0 Å². The van der Waals surface area contributed by atoms with Gasteiger partial charge in [0.2, 0.25) is 10.0 Å². The van der Waals surface area contributed by atoms with Gasteiger partial charge in [0.1, 0.15) is 4.90 Å². The molecule has 0 fully saturated rings. The van der Waals surface area contributed by atoms with Gasteiger partial charge in [0, 0.05) is 25.3 Å². The highest BCUT2D eigenvalue weighted by Crippen LogP contribution is 2.16. The Balaban J connectivity index is 2.71. The summed E-state index contributed by atoms with van der Waals surface area (Å²) < 4.78 is 26.7. The normalized spacial score (nSPS) is 12.1. The van der Waals surface area contributed by atoms with Crippen molar-refractivity contribution in [3.05, 3.63) is 18.3 Å². The third-order valence-electron chi connectivity index (χ3n) is 2.84. The van der Waals surface area contributed by atoms with Crippen LogP contribution in [0.1, 0.15) is 13.8 Å². The monoisotopic (exact) mass is 287 g/mol. The predicted molar refractivity (Wildman–Crippen MR) is 75.0 cm³/mol. The van der Waals surface area contributed by atoms with Gasteiger partial charge in [0.25, 0.3) is 0 Å². The van der Waals surface area contributed by atoms with Crippen LogP contribution in [0.25, 0.3) is 0 Å². The number of likely N-dealkylation sites (N-methyl/N-ethyl adjacent to an activating group) is 1. The van der Waals surface area contributed by atoms with E-state index in [0.29, 0.717) is 19.1 Å². The molecule has 0 amide bonds. The molecule has 0 saturated heterocycles. The van der Waals surface area contributed by atoms with Crippen LogP contribution in [0, 0.1) is 0 Å². The van der Waals surface area contributed by atoms with Gasteiger partial charge in [-0.15, -0.1) is 0 Å². The number of nitrogens with two attached hydrogens (primary N) is 1. The zero-order chi connectivity index (χ0) is 14.5. The molecule has 0 aromatic carbocycles. The Morgan fingerprint density at radius 3 is 2.74 bits per heavy atom. The first-order valence-electron chi connectivity index (χ1n) is 6.00. The van der Waals surface area contributed by atoms with E-state index in [1.807, 2.05) is 25.8 Å². The number of hydrogen-bond donors (Lipinski definition) is 3. The van der Waals surface area contributed by atoms with E-state index in [2.05, 4.69) is 15.1 Å². The van der Waals surface area contributed by atoms with E-state index in [1.165, 1.54) is 12.3 Å². The van der Waals surface area contributed by atoms with Crippen molar-refractivity contribution in [3.8, 4) is 0 Å². The number of hydrogen-bond acceptors (Lipinski definition) is 6. The molecule has 0 spiro atoms. The van der Waals surface area contributed by atoms with Crippen molar-refractivity contribution in [1.29, 1.82) is 0 Å². The number of anilines is 1. The van der Waals surface area contributed by atoms with Crippen LogP contribution in [0.4, 0.5) is 5.82 Å². The summed E-state index contributed by atoms with van der Waals surface area (Å²) in [5.41, 5.74) is 2.28. The lowest BCUT2D eigenvalue weighted by molar-refractivity contribution is 0.278. The van der Waals surface area contributed by atoms with Crippen LogP contribution in [0.5, 0.6) is 0 Å². The second-order valence-electron chi connectivity index (χ2n) is 4.47. The molecule has 0 unspecified atom stereocenters. The minimum atomic E-state index is -3.61. The van der Waals surface area contributed by atoms with Crippen molar-refractivity contribution in [2.75, 3.05) is 25.6 Å². The molecular formula is C11H21N5O2S. The van der Waals surface area contributed by atoms with Crippen molar-refractivity contribution in [3.63, 3.8) is 0 Å². The highest BCUT2D eigenvalue weighted by atomic mass is 32.2. The molecule has 19 heavy (non-hydrogen) atoms. The van der Waals surface area contributed by atoms with E-state index >= 15 is 0 Å². The van der Waals surface area contributed by atoms with Crippen LogP contribution >= 0.6 is 0 Å². The Morgan fingerprint density at radius 2 is 2.16 bits per heavy atom. The minimum Gasteiger partial charge on any atom is -0.307 e. The molecule has 0 saturated carbocycles. The Hall–Kier alpha value is -1.22. The fourth-order valence-electron chi connectivity index (χ4n) is 1.41. The van der Waals surface area contributed by atoms with Crippen molar-refractivity contribution in [2.45, 2.75) is 24.8 Å². The summed E-state index contributed by atoms with van der Waals surface area (Å²) in [4.78, 5) is 5.96. The van der Waals surface area contributed by atoms with Gasteiger partial charge >= 0.3 is 0 Å². The summed E-state index contributed by atoms with van der Waals surface area (Å²) in [5.74, 6) is 5.38. The average Bonchev–Trinajstić information content (AvgIpc) is 2.38. The van der Waals surface area contributed by atoms with Crippen LogP contribution in [-0.2, 0) is 10.0 Å². The molecule has 4 N–H and O–H groups in total. The van der Waals surface area contributed by atoms with E-state index in [4.69, 9.17) is 5.84 Å². The summed E-state index contributed by atoms with van der Waals surface area (Å²) in [6.07, 6.45) is 1.47. The number of pyridine rings is 1. The van der Waals surface area contributed by atoms with Gasteiger partial charge in [-0.1, -0.05) is 0 Å². The van der Waals surface area contributed by atoms with Crippen LogP contribution in [0.2, 0.25) is 0 Å². The highest BCUT2D eigenvalue weighted by molar-refractivity contribution is 7.89. The smallest absolute Gasteiger partial charge is 0.244 e. The molecule has 0 aliphatic heterocycles. The van der Waals surface area contributed by atoms with E-state index in [-0.39, 0.29) is 10.7 Å². The second-order valence-corrected chi connectivity index (χ2v) is 6.20. The van der Waals surface area contributed by atoms with Crippen LogP contribution in [0.3, 0.4) is 0 Å². The predicted octanol–water partition coefficient (Wildman–Crippen LogP) is -0.0143. The van der Waals surface area contributed by atoms with Gasteiger partial charge < -0.3 is 10.3 Å². The molecule has 0 atom stereocenters. The first-order chi connectivity index (χ1) is 8.88. The quantitative estimate of drug-likeness (QED) is 0.481. The zero-order valence-corrected chi connectivity index (χ0v) is 12.2. The third-order valence-corrected chi connectivity index (χ3v) is 4.33. The molecule has 108 valence electrons. The fourth-order valence-corrected chi connectivity index (χ4v) is 2.55. The summed E-state index contributed by atoms with van der Waals surface area (Å²) >= 11 is 0. The molecule has 0 radical (unpaired) electrons. The number of hydrazine groups is 1. The lowest BCUT2D eigenvalue weighted by atomic mass is 10.3. The highest BCUT2D eigenvalue weighted by Gasteiger charge is 2.18. The molecule has 1 aromatic rings. The van der Waals surface area contributed by atoms with E-state index in [1.54, 1.807) is 6.07 Å². The SMILES string of the molecule is CC(C)N(C)CCNS(=O)(=O)c1cccnc1NN. The molecular weight excluding hydrogens is 266 g/mol. The van der Waals surface area contributed by atoms with Gasteiger partial charge in [0.15, 0.2) is 5.82 Å². The zero-order valence-electron chi connectivity index (χ0n) is 11.4. The van der Waals surface area contributed by atoms with Crippen molar-refractivity contribution in [2.24, 2.45) is 5.84 Å². The van der Waals surface area contributed by atoms with Gasteiger partial charge in [0.05, 0.1) is 0 Å². The number of nitrogens with zero attached hydrogens (tertiary/aromatic N) is 2. The Bertz CT molecular complexity index is 504. The maximum absolute atomic E-state index is 12.1. The lowest BCUT2D eigenvalue weighted by Crippen LogP contribution is -2.36. The maximum Gasteiger partial charge on any atom is 0.244 e. The minimum absolute atomic E-state index is 0.0460. The molecule has 1 aromatic heterocycles. The first-order valence-corrected chi connectivity index (χ1v) is 7.48. The fraction of sp³-hybridized carbons (Fsp3) is 0.545. The standard InChI is InChI=1S/C11H21N5O2S/c1-9(2)16(3)8-7-14-19(17,18)10-5-4-6-13-11(10)15-12/h4-6,9,14H,7-8,12H2,1-3H3,(H,13,15). The van der Waals surface area contributed by atoms with Crippen molar-refractivity contribution < 1.29 is 8.42 Å². The Morgan fingerprint density at radius 1 is 1.47 bits per heavy atom. The average molecular weight is 287 g/mol. The molecule has 0 bridgehead atoms. The van der Waals surface area contributed by atoms with Crippen molar-refractivity contribution in [1.82, 2.24) is 14.6 Å². The first kappa shape index (κ1) is 15.8. The Labute approximate surface area is 114 Å². The molecule has 0 aliphatic carbocycles. The largest absolute Gasteiger partial charge is 0.307 e. The summed E-state index contributed by atoms with van der Waals surface area (Å²) in [6.45, 7) is 5.05. The van der Waals surface area contributed by atoms with Crippen LogP contribution in [-0.4, -0.2) is 44.5 Å². The summed E-state index contributed by atoms with van der Waals surface area (Å²) in [5, 5.41) is 0. The molecule has 8 heteroatoms. The topological polar surface area (TPSA) is 100 Å². The number of aromatic nitrogens is 1. The number of sulfonamides is 1. The van der Waals surface area contributed by atoms with Crippen LogP contribution < -0.4 is 16.0 Å². The lowest BCUT2D eigenvalue weighted by Gasteiger charge is -2.21. The molecule has 1 rings (SSSR count). The van der Waals surface area contributed by atoms with Gasteiger partial charge in [-0.2, -0.15) is 0 Å². The van der Waals surface area contributed by atoms with Crippen molar-refractivity contribution >= 4 is 15.8 Å². The van der Waals surface area contributed by atoms with E-state index in [9.17, 15) is 8.42 Å². The van der Waals surface area contributed by atoms with Gasteiger partial charge in [-0.3, -0.25) is 0 Å². The van der Waals surface area contributed by atoms with Gasteiger partial charge in [-0.25, -0.2) is 24.0 Å². The third kappa shape index (κ3) is 4.43. The van der Waals surface area contributed by atoms with Gasteiger partial charge in [-0.05, 0) is 33.0 Å². The Kier molecular flexibility index (Phi) is 5.67. The maximum atomic E-state index is 12.1. The van der Waals surface area contributed by atoms with E-state index < -0.39 is 10.0 Å². The summed E-state index contributed by atoms with van der Waals surface area (Å²) in [7, 11) is -1.67. The molecule has 1 heterocycles. The molecule has 0 aliphatic rings. The van der Waals surface area contributed by atoms with Crippen LogP contribution in [0.15, 0.2) is 23.2 Å². The number of nitrogen functional groups attached to an aromatic ring is 1. The second kappa shape index (κ2) is 6.80. The number of nitrogens with one attached hydrogen (secondary N) is 2. The molecule has 7 nitrogen and oxygen atoms in total.